The molecule has 1 N–H and O–H groups in total. The third-order valence-electron chi connectivity index (χ3n) is 3.18. The van der Waals surface area contributed by atoms with Crippen molar-refractivity contribution in [2.24, 2.45) is 0 Å². The van der Waals surface area contributed by atoms with Crippen molar-refractivity contribution in [2.75, 3.05) is 20.3 Å². The molecule has 0 amide bonds. The molecule has 112 valence electrons. The molecule has 1 aromatic heterocycles. The molecule has 0 aliphatic rings. The number of hydrogen-bond donors (Lipinski definition) is 1. The number of nitrogens with zero attached hydrogens (tertiary/aromatic N) is 1. The zero-order valence-corrected chi connectivity index (χ0v) is 12.8. The Kier molecular flexibility index (Phi) is 5.92. The summed E-state index contributed by atoms with van der Waals surface area (Å²) in [6.45, 7) is 3.18. The molecule has 0 saturated carbocycles. The lowest BCUT2D eigenvalue weighted by molar-refractivity contribution is 0.0697. The smallest absolute Gasteiger partial charge is 0.335 e. The zero-order valence-electron chi connectivity index (χ0n) is 12.0. The van der Waals surface area contributed by atoms with Crippen LogP contribution in [0.1, 0.15) is 20.8 Å². The summed E-state index contributed by atoms with van der Waals surface area (Å²) in [6.07, 6.45) is 0. The molecule has 2 rings (SSSR count). The summed E-state index contributed by atoms with van der Waals surface area (Å²) in [7, 11) is 1.70. The van der Waals surface area contributed by atoms with Crippen molar-refractivity contribution in [3.8, 4) is 0 Å². The van der Waals surface area contributed by atoms with Gasteiger partial charge in [0.05, 0.1) is 12.2 Å². The fourth-order valence-electron chi connectivity index (χ4n) is 2.07. The van der Waals surface area contributed by atoms with Crippen LogP contribution in [0.2, 0.25) is 0 Å². The van der Waals surface area contributed by atoms with Gasteiger partial charge in [-0.15, -0.1) is 11.3 Å². The summed E-state index contributed by atoms with van der Waals surface area (Å²) < 4.78 is 5.16. The summed E-state index contributed by atoms with van der Waals surface area (Å²) in [6, 6.07) is 11.2. The molecule has 0 aliphatic heterocycles. The van der Waals surface area contributed by atoms with E-state index in [1.54, 1.807) is 30.6 Å². The number of carbonyl (C=O) groups is 1. The lowest BCUT2D eigenvalue weighted by atomic mass is 10.1. The molecule has 21 heavy (non-hydrogen) atoms. The topological polar surface area (TPSA) is 49.8 Å². The lowest BCUT2D eigenvalue weighted by Crippen LogP contribution is -2.26. The van der Waals surface area contributed by atoms with E-state index in [4.69, 9.17) is 9.84 Å². The number of rotatable bonds is 8. The number of methoxy groups -OCH3 is 1. The van der Waals surface area contributed by atoms with Crippen LogP contribution in [0.15, 0.2) is 41.8 Å². The maximum atomic E-state index is 10.9. The number of aromatic carboxylic acids is 1. The molecule has 4 nitrogen and oxygen atoms in total. The van der Waals surface area contributed by atoms with E-state index in [2.05, 4.69) is 22.4 Å². The molecule has 1 heterocycles. The van der Waals surface area contributed by atoms with Gasteiger partial charge in [-0.05, 0) is 29.1 Å². The highest BCUT2D eigenvalue weighted by molar-refractivity contribution is 7.09. The summed E-state index contributed by atoms with van der Waals surface area (Å²) in [5.41, 5.74) is 1.42. The van der Waals surface area contributed by atoms with Crippen molar-refractivity contribution in [2.45, 2.75) is 13.1 Å². The first-order valence-corrected chi connectivity index (χ1v) is 7.63. The van der Waals surface area contributed by atoms with Crippen molar-refractivity contribution in [1.82, 2.24) is 4.90 Å². The van der Waals surface area contributed by atoms with Gasteiger partial charge in [0.1, 0.15) is 0 Å². The minimum atomic E-state index is -0.892. The third-order valence-corrected chi connectivity index (χ3v) is 4.04. The van der Waals surface area contributed by atoms with E-state index in [9.17, 15) is 4.79 Å². The van der Waals surface area contributed by atoms with Gasteiger partial charge < -0.3 is 9.84 Å². The van der Waals surface area contributed by atoms with Gasteiger partial charge in [0.15, 0.2) is 0 Å². The van der Waals surface area contributed by atoms with Crippen molar-refractivity contribution in [1.29, 1.82) is 0 Å². The summed E-state index contributed by atoms with van der Waals surface area (Å²) >= 11 is 1.74. The van der Waals surface area contributed by atoms with Gasteiger partial charge in [-0.1, -0.05) is 18.2 Å². The molecular formula is C16H19NO3S. The standard InChI is InChI=1S/C16H19NO3S/c1-20-9-8-17(12-15-3-2-10-21-15)11-13-4-6-14(7-5-13)16(18)19/h2-7,10H,8-9,11-12H2,1H3,(H,18,19). The summed E-state index contributed by atoms with van der Waals surface area (Å²) in [5.74, 6) is -0.892. The molecule has 0 bridgehead atoms. The highest BCUT2D eigenvalue weighted by atomic mass is 32.1. The highest BCUT2D eigenvalue weighted by Crippen LogP contribution is 2.15. The second-order valence-corrected chi connectivity index (χ2v) is 5.82. The minimum Gasteiger partial charge on any atom is -0.478 e. The number of ether oxygens (including phenoxy) is 1. The maximum Gasteiger partial charge on any atom is 0.335 e. The average molecular weight is 305 g/mol. The first-order chi connectivity index (χ1) is 10.2. The maximum absolute atomic E-state index is 10.9. The molecule has 2 aromatic rings. The van der Waals surface area contributed by atoms with E-state index in [1.165, 1.54) is 4.88 Å². The van der Waals surface area contributed by atoms with E-state index in [0.717, 1.165) is 25.2 Å². The molecule has 0 saturated heterocycles. The Morgan fingerprint density at radius 3 is 2.57 bits per heavy atom. The van der Waals surface area contributed by atoms with E-state index >= 15 is 0 Å². The van der Waals surface area contributed by atoms with Gasteiger partial charge in [0.2, 0.25) is 0 Å². The van der Waals surface area contributed by atoms with Crippen molar-refractivity contribution in [3.05, 3.63) is 57.8 Å². The Labute approximate surface area is 128 Å². The van der Waals surface area contributed by atoms with Gasteiger partial charge in [0, 0.05) is 31.6 Å². The molecule has 0 radical (unpaired) electrons. The van der Waals surface area contributed by atoms with Gasteiger partial charge in [0.25, 0.3) is 0 Å². The van der Waals surface area contributed by atoms with Crippen LogP contribution in [0.5, 0.6) is 0 Å². The van der Waals surface area contributed by atoms with Gasteiger partial charge in [-0.3, -0.25) is 4.90 Å². The van der Waals surface area contributed by atoms with Crippen molar-refractivity contribution in [3.63, 3.8) is 0 Å². The largest absolute Gasteiger partial charge is 0.478 e. The van der Waals surface area contributed by atoms with Crippen LogP contribution in [0.4, 0.5) is 0 Å². The number of carboxylic acid groups (broad SMARTS) is 1. The van der Waals surface area contributed by atoms with Crippen molar-refractivity contribution < 1.29 is 14.6 Å². The average Bonchev–Trinajstić information content (AvgIpc) is 2.98. The number of benzene rings is 1. The fraction of sp³-hybridized carbons (Fsp3) is 0.312. The van der Waals surface area contributed by atoms with Crippen molar-refractivity contribution >= 4 is 17.3 Å². The molecule has 0 atom stereocenters. The quantitative estimate of drug-likeness (QED) is 0.814. The second kappa shape index (κ2) is 7.93. The summed E-state index contributed by atoms with van der Waals surface area (Å²) in [5, 5.41) is 11.0. The van der Waals surface area contributed by atoms with E-state index in [0.29, 0.717) is 12.2 Å². The molecule has 0 spiro atoms. The minimum absolute atomic E-state index is 0.320. The number of hydrogen-bond acceptors (Lipinski definition) is 4. The monoisotopic (exact) mass is 305 g/mol. The Balaban J connectivity index is 2.01. The SMILES string of the molecule is COCCN(Cc1ccc(C(=O)O)cc1)Cc1cccs1. The molecule has 1 aromatic carbocycles. The number of thiophene rings is 1. The Morgan fingerprint density at radius 2 is 2.00 bits per heavy atom. The first-order valence-electron chi connectivity index (χ1n) is 6.75. The highest BCUT2D eigenvalue weighted by Gasteiger charge is 2.09. The number of carboxylic acids is 1. The van der Waals surface area contributed by atoms with Crippen LogP contribution in [-0.4, -0.2) is 36.2 Å². The van der Waals surface area contributed by atoms with Gasteiger partial charge in [-0.2, -0.15) is 0 Å². The lowest BCUT2D eigenvalue weighted by Gasteiger charge is -2.21. The Hall–Kier alpha value is -1.69. The molecule has 5 heteroatoms. The summed E-state index contributed by atoms with van der Waals surface area (Å²) in [4.78, 5) is 14.5. The van der Waals surface area contributed by atoms with Crippen LogP contribution in [0.3, 0.4) is 0 Å². The molecular weight excluding hydrogens is 286 g/mol. The predicted molar refractivity (Wildman–Crippen MR) is 83.7 cm³/mol. The molecule has 0 aliphatic carbocycles. The third kappa shape index (κ3) is 4.97. The first kappa shape index (κ1) is 15.7. The van der Waals surface area contributed by atoms with Crippen LogP contribution in [0.25, 0.3) is 0 Å². The van der Waals surface area contributed by atoms with E-state index < -0.39 is 5.97 Å². The Morgan fingerprint density at radius 1 is 1.24 bits per heavy atom. The van der Waals surface area contributed by atoms with E-state index in [-0.39, 0.29) is 0 Å². The van der Waals surface area contributed by atoms with Crippen LogP contribution in [0, 0.1) is 0 Å². The fourth-order valence-corrected chi connectivity index (χ4v) is 2.81. The molecule has 0 unspecified atom stereocenters. The predicted octanol–water partition coefficient (Wildman–Crippen LogP) is 3.09. The van der Waals surface area contributed by atoms with Gasteiger partial charge in [-0.25, -0.2) is 4.79 Å². The van der Waals surface area contributed by atoms with E-state index in [1.807, 2.05) is 12.1 Å². The van der Waals surface area contributed by atoms with Crippen LogP contribution < -0.4 is 0 Å². The van der Waals surface area contributed by atoms with Crippen LogP contribution >= 0.6 is 11.3 Å². The van der Waals surface area contributed by atoms with Crippen LogP contribution in [-0.2, 0) is 17.8 Å². The van der Waals surface area contributed by atoms with Gasteiger partial charge >= 0.3 is 5.97 Å². The second-order valence-electron chi connectivity index (χ2n) is 4.78. The zero-order chi connectivity index (χ0) is 15.1. The Bertz CT molecular complexity index is 551. The normalized spacial score (nSPS) is 11.0. The molecule has 0 fully saturated rings.